The number of aryl methyl sites for hydroxylation is 1. The molecule has 1 saturated carbocycles. The third-order valence-corrected chi connectivity index (χ3v) is 4.38. The van der Waals surface area contributed by atoms with Crippen LogP contribution in [0, 0.1) is 19.7 Å². The van der Waals surface area contributed by atoms with Crippen molar-refractivity contribution >= 4 is 5.91 Å². The molecular formula is C19H20FNO. The van der Waals surface area contributed by atoms with Gasteiger partial charge in [-0.3, -0.25) is 4.79 Å². The SMILES string of the molecule is Cc1cccc(C(=O)N(Cc2ccccc2F)C2CC2)c1C. The Hall–Kier alpha value is -2.16. The number of amides is 1. The highest BCUT2D eigenvalue weighted by Gasteiger charge is 2.34. The van der Waals surface area contributed by atoms with Crippen LogP contribution in [-0.2, 0) is 6.54 Å². The van der Waals surface area contributed by atoms with Crippen molar-refractivity contribution in [2.24, 2.45) is 0 Å². The summed E-state index contributed by atoms with van der Waals surface area (Å²) in [5, 5.41) is 0. The molecule has 1 fully saturated rings. The summed E-state index contributed by atoms with van der Waals surface area (Å²) in [6, 6.07) is 12.7. The van der Waals surface area contributed by atoms with Gasteiger partial charge in [0, 0.05) is 23.7 Å². The van der Waals surface area contributed by atoms with Gasteiger partial charge in [0.1, 0.15) is 5.82 Å². The van der Waals surface area contributed by atoms with Crippen LogP contribution in [-0.4, -0.2) is 16.8 Å². The van der Waals surface area contributed by atoms with Crippen LogP contribution >= 0.6 is 0 Å². The van der Waals surface area contributed by atoms with E-state index in [9.17, 15) is 9.18 Å². The minimum atomic E-state index is -0.248. The van der Waals surface area contributed by atoms with E-state index in [-0.39, 0.29) is 17.8 Å². The zero-order chi connectivity index (χ0) is 15.7. The van der Waals surface area contributed by atoms with E-state index < -0.39 is 0 Å². The van der Waals surface area contributed by atoms with Crippen molar-refractivity contribution in [3.63, 3.8) is 0 Å². The summed E-state index contributed by atoms with van der Waals surface area (Å²) in [5.74, 6) is -0.242. The lowest BCUT2D eigenvalue weighted by atomic mass is 10.0. The molecule has 1 amide bonds. The first-order valence-electron chi connectivity index (χ1n) is 7.68. The number of benzene rings is 2. The van der Waals surface area contributed by atoms with E-state index in [0.29, 0.717) is 12.1 Å². The van der Waals surface area contributed by atoms with Gasteiger partial charge in [-0.25, -0.2) is 4.39 Å². The van der Waals surface area contributed by atoms with E-state index in [0.717, 1.165) is 29.5 Å². The number of nitrogens with zero attached hydrogens (tertiary/aromatic N) is 1. The number of rotatable bonds is 4. The second-order valence-corrected chi connectivity index (χ2v) is 6.00. The standard InChI is InChI=1S/C19H20FNO/c1-13-6-5-8-17(14(13)2)19(22)21(16-10-11-16)12-15-7-3-4-9-18(15)20/h3-9,16H,10-12H2,1-2H3. The summed E-state index contributed by atoms with van der Waals surface area (Å²) in [5.41, 5.74) is 3.41. The van der Waals surface area contributed by atoms with E-state index in [4.69, 9.17) is 0 Å². The fourth-order valence-electron chi connectivity index (χ4n) is 2.70. The smallest absolute Gasteiger partial charge is 0.254 e. The van der Waals surface area contributed by atoms with Gasteiger partial charge in [0.25, 0.3) is 5.91 Å². The third kappa shape index (κ3) is 2.89. The molecule has 3 heteroatoms. The summed E-state index contributed by atoms with van der Waals surface area (Å²) in [7, 11) is 0. The van der Waals surface area contributed by atoms with Crippen LogP contribution in [0.3, 0.4) is 0 Å². The van der Waals surface area contributed by atoms with E-state index in [1.54, 1.807) is 12.1 Å². The van der Waals surface area contributed by atoms with Crippen LogP contribution in [0.25, 0.3) is 0 Å². The van der Waals surface area contributed by atoms with Crippen molar-refractivity contribution in [3.8, 4) is 0 Å². The Kier molecular flexibility index (Phi) is 3.97. The summed E-state index contributed by atoms with van der Waals surface area (Å²) in [6.07, 6.45) is 2.01. The predicted octanol–water partition coefficient (Wildman–Crippen LogP) is 4.25. The van der Waals surface area contributed by atoms with Crippen LogP contribution in [0.15, 0.2) is 42.5 Å². The topological polar surface area (TPSA) is 20.3 Å². The molecular weight excluding hydrogens is 277 g/mol. The van der Waals surface area contributed by atoms with E-state index in [1.165, 1.54) is 6.07 Å². The Balaban J connectivity index is 1.90. The Morgan fingerprint density at radius 3 is 2.55 bits per heavy atom. The average molecular weight is 297 g/mol. The summed E-state index contributed by atoms with van der Waals surface area (Å²) >= 11 is 0. The zero-order valence-corrected chi connectivity index (χ0v) is 13.0. The molecule has 3 rings (SSSR count). The Labute approximate surface area is 130 Å². The normalized spacial score (nSPS) is 14.0. The molecule has 0 aromatic heterocycles. The molecule has 0 radical (unpaired) electrons. The molecule has 2 aromatic rings. The Bertz CT molecular complexity index is 706. The Morgan fingerprint density at radius 1 is 1.14 bits per heavy atom. The van der Waals surface area contributed by atoms with Crippen LogP contribution in [0.5, 0.6) is 0 Å². The first kappa shape index (κ1) is 14.8. The minimum Gasteiger partial charge on any atom is -0.331 e. The fraction of sp³-hybridized carbons (Fsp3) is 0.316. The average Bonchev–Trinajstić information content (AvgIpc) is 3.33. The molecule has 1 aliphatic rings. The van der Waals surface area contributed by atoms with Crippen molar-refractivity contribution in [2.45, 2.75) is 39.3 Å². The maximum absolute atomic E-state index is 13.9. The molecule has 0 spiro atoms. The van der Waals surface area contributed by atoms with E-state index in [1.807, 2.05) is 43.0 Å². The molecule has 0 aliphatic heterocycles. The van der Waals surface area contributed by atoms with E-state index in [2.05, 4.69) is 0 Å². The number of carbonyl (C=O) groups is 1. The van der Waals surface area contributed by atoms with Crippen LogP contribution in [0.4, 0.5) is 4.39 Å². The highest BCUT2D eigenvalue weighted by atomic mass is 19.1. The van der Waals surface area contributed by atoms with Gasteiger partial charge in [-0.15, -0.1) is 0 Å². The molecule has 2 nitrogen and oxygen atoms in total. The van der Waals surface area contributed by atoms with Crippen molar-refractivity contribution in [2.75, 3.05) is 0 Å². The molecule has 0 atom stereocenters. The van der Waals surface area contributed by atoms with Crippen molar-refractivity contribution < 1.29 is 9.18 Å². The highest BCUT2D eigenvalue weighted by Crippen LogP contribution is 2.31. The van der Waals surface area contributed by atoms with Gasteiger partial charge in [-0.2, -0.15) is 0 Å². The lowest BCUT2D eigenvalue weighted by Gasteiger charge is -2.24. The minimum absolute atomic E-state index is 0.00644. The Morgan fingerprint density at radius 2 is 1.86 bits per heavy atom. The second-order valence-electron chi connectivity index (χ2n) is 6.00. The lowest BCUT2D eigenvalue weighted by Crippen LogP contribution is -2.33. The number of halogens is 1. The van der Waals surface area contributed by atoms with Crippen LogP contribution < -0.4 is 0 Å². The first-order chi connectivity index (χ1) is 10.6. The van der Waals surface area contributed by atoms with Crippen LogP contribution in [0.2, 0.25) is 0 Å². The lowest BCUT2D eigenvalue weighted by molar-refractivity contribution is 0.0727. The largest absolute Gasteiger partial charge is 0.331 e. The molecule has 0 heterocycles. The van der Waals surface area contributed by atoms with Crippen molar-refractivity contribution in [3.05, 3.63) is 70.5 Å². The molecule has 0 saturated heterocycles. The molecule has 114 valence electrons. The summed E-state index contributed by atoms with van der Waals surface area (Å²) < 4.78 is 13.9. The van der Waals surface area contributed by atoms with Gasteiger partial charge in [0.15, 0.2) is 0 Å². The second kappa shape index (κ2) is 5.91. The first-order valence-corrected chi connectivity index (χ1v) is 7.68. The monoisotopic (exact) mass is 297 g/mol. The quantitative estimate of drug-likeness (QED) is 0.826. The highest BCUT2D eigenvalue weighted by molar-refractivity contribution is 5.96. The zero-order valence-electron chi connectivity index (χ0n) is 13.0. The van der Waals surface area contributed by atoms with Crippen molar-refractivity contribution in [1.29, 1.82) is 0 Å². The van der Waals surface area contributed by atoms with Gasteiger partial charge in [0.05, 0.1) is 0 Å². The maximum atomic E-state index is 13.9. The number of hydrogen-bond donors (Lipinski definition) is 0. The predicted molar refractivity (Wildman–Crippen MR) is 85.2 cm³/mol. The third-order valence-electron chi connectivity index (χ3n) is 4.38. The molecule has 22 heavy (non-hydrogen) atoms. The van der Waals surface area contributed by atoms with Crippen LogP contribution in [0.1, 0.15) is 39.9 Å². The molecule has 0 unspecified atom stereocenters. The van der Waals surface area contributed by atoms with Gasteiger partial charge in [0.2, 0.25) is 0 Å². The molecule has 0 N–H and O–H groups in total. The van der Waals surface area contributed by atoms with Gasteiger partial charge < -0.3 is 4.90 Å². The fourth-order valence-corrected chi connectivity index (χ4v) is 2.70. The maximum Gasteiger partial charge on any atom is 0.254 e. The van der Waals surface area contributed by atoms with Crippen molar-refractivity contribution in [1.82, 2.24) is 4.90 Å². The number of hydrogen-bond acceptors (Lipinski definition) is 1. The van der Waals surface area contributed by atoms with E-state index >= 15 is 0 Å². The molecule has 0 bridgehead atoms. The molecule has 2 aromatic carbocycles. The van der Waals surface area contributed by atoms with Gasteiger partial charge >= 0.3 is 0 Å². The van der Waals surface area contributed by atoms with Gasteiger partial charge in [-0.05, 0) is 49.9 Å². The molecule has 1 aliphatic carbocycles. The number of carbonyl (C=O) groups excluding carboxylic acids is 1. The van der Waals surface area contributed by atoms with Gasteiger partial charge in [-0.1, -0.05) is 30.3 Å². The summed E-state index contributed by atoms with van der Waals surface area (Å²) in [6.45, 7) is 4.31. The summed E-state index contributed by atoms with van der Waals surface area (Å²) in [4.78, 5) is 14.7.